The molecule has 0 radical (unpaired) electrons. The van der Waals surface area contributed by atoms with Crippen molar-refractivity contribution in [1.82, 2.24) is 14.8 Å². The Kier molecular flexibility index (Phi) is 6.38. The zero-order valence-electron chi connectivity index (χ0n) is 16.5. The number of nitro groups is 1. The molecule has 29 heavy (non-hydrogen) atoms. The Bertz CT molecular complexity index is 1030. The minimum Gasteiger partial charge on any atom is -0.491 e. The van der Waals surface area contributed by atoms with E-state index < -0.39 is 4.92 Å². The molecule has 0 aliphatic heterocycles. The quantitative estimate of drug-likeness (QED) is 0.210. The summed E-state index contributed by atoms with van der Waals surface area (Å²) in [5.41, 5.74) is 1.62. The van der Waals surface area contributed by atoms with Crippen molar-refractivity contribution in [3.63, 3.8) is 0 Å². The first kappa shape index (κ1) is 20.7. The molecule has 0 saturated heterocycles. The van der Waals surface area contributed by atoms with Crippen LogP contribution in [0.15, 0.2) is 52.8 Å². The van der Waals surface area contributed by atoms with Crippen molar-refractivity contribution in [1.29, 1.82) is 0 Å². The fourth-order valence-electron chi connectivity index (χ4n) is 2.81. The molecule has 0 spiro atoms. The largest absolute Gasteiger partial charge is 0.491 e. The summed E-state index contributed by atoms with van der Waals surface area (Å²) in [6.45, 7) is 10.0. The van der Waals surface area contributed by atoms with Crippen LogP contribution >= 0.6 is 11.8 Å². The van der Waals surface area contributed by atoms with Gasteiger partial charge in [-0.05, 0) is 32.9 Å². The Balaban J connectivity index is 1.90. The molecule has 8 nitrogen and oxygen atoms in total. The Morgan fingerprint density at radius 2 is 2.17 bits per heavy atom. The maximum atomic E-state index is 11.2. The second-order valence-corrected chi connectivity index (χ2v) is 7.54. The van der Waals surface area contributed by atoms with Gasteiger partial charge in [0, 0.05) is 30.0 Å². The van der Waals surface area contributed by atoms with Gasteiger partial charge in [0.15, 0.2) is 11.0 Å². The molecule has 0 aliphatic rings. The number of rotatable bonds is 9. The van der Waals surface area contributed by atoms with Gasteiger partial charge < -0.3 is 9.15 Å². The first-order chi connectivity index (χ1) is 13.9. The van der Waals surface area contributed by atoms with Crippen molar-refractivity contribution in [2.75, 3.05) is 0 Å². The summed E-state index contributed by atoms with van der Waals surface area (Å²) in [6.07, 6.45) is 3.34. The van der Waals surface area contributed by atoms with E-state index in [-0.39, 0.29) is 11.8 Å². The van der Waals surface area contributed by atoms with Crippen LogP contribution in [0.5, 0.6) is 5.75 Å². The van der Waals surface area contributed by atoms with Gasteiger partial charge in [-0.3, -0.25) is 14.7 Å². The number of thioether (sulfide) groups is 1. The molecular formula is C20H22N4O4S. The average Bonchev–Trinajstić information content (AvgIpc) is 3.26. The molecule has 2 heterocycles. The maximum absolute atomic E-state index is 11.2. The van der Waals surface area contributed by atoms with Gasteiger partial charge in [0.25, 0.3) is 5.69 Å². The molecule has 1 aromatic carbocycles. The summed E-state index contributed by atoms with van der Waals surface area (Å²) in [5, 5.41) is 20.5. The van der Waals surface area contributed by atoms with E-state index in [1.165, 1.54) is 17.8 Å². The van der Waals surface area contributed by atoms with Crippen LogP contribution in [0.1, 0.15) is 25.2 Å². The van der Waals surface area contributed by atoms with Crippen LogP contribution in [0, 0.1) is 17.0 Å². The molecule has 152 valence electrons. The highest BCUT2D eigenvalue weighted by Gasteiger charge is 2.19. The van der Waals surface area contributed by atoms with E-state index in [1.807, 2.05) is 31.4 Å². The fraction of sp³-hybridized carbons (Fsp3) is 0.300. The lowest BCUT2D eigenvalue weighted by Gasteiger charge is -2.14. The number of hydrogen-bond acceptors (Lipinski definition) is 7. The van der Waals surface area contributed by atoms with Crippen LogP contribution in [0.2, 0.25) is 0 Å². The zero-order chi connectivity index (χ0) is 21.0. The van der Waals surface area contributed by atoms with Crippen molar-refractivity contribution in [2.45, 2.75) is 44.3 Å². The molecule has 0 bridgehead atoms. The summed E-state index contributed by atoms with van der Waals surface area (Å²) < 4.78 is 13.1. The predicted octanol–water partition coefficient (Wildman–Crippen LogP) is 5.02. The minimum absolute atomic E-state index is 0.0268. The molecule has 9 heteroatoms. The van der Waals surface area contributed by atoms with Gasteiger partial charge in [0.2, 0.25) is 0 Å². The summed E-state index contributed by atoms with van der Waals surface area (Å²) >= 11 is 1.43. The summed E-state index contributed by atoms with van der Waals surface area (Å²) in [4.78, 5) is 10.8. The highest BCUT2D eigenvalue weighted by molar-refractivity contribution is 7.98. The highest BCUT2D eigenvalue weighted by atomic mass is 32.2. The van der Waals surface area contributed by atoms with Crippen LogP contribution < -0.4 is 4.74 Å². The number of non-ortho nitro benzene ring substituents is 1. The predicted molar refractivity (Wildman–Crippen MR) is 111 cm³/mol. The summed E-state index contributed by atoms with van der Waals surface area (Å²) in [5.74, 6) is 2.52. The Morgan fingerprint density at radius 3 is 2.79 bits per heavy atom. The summed E-state index contributed by atoms with van der Waals surface area (Å²) in [7, 11) is 0. The molecule has 3 rings (SSSR count). The SMILES string of the molecule is C=CCn1c(SCc2cc([N+](=O)[O-])ccc2OC(C)C)nnc1-c1ccoc1C. The first-order valence-electron chi connectivity index (χ1n) is 9.06. The van der Waals surface area contributed by atoms with E-state index >= 15 is 0 Å². The van der Waals surface area contributed by atoms with Crippen molar-refractivity contribution in [3.05, 3.63) is 64.6 Å². The molecule has 0 amide bonds. The number of allylic oxidation sites excluding steroid dienone is 1. The van der Waals surface area contributed by atoms with Crippen LogP contribution in [0.25, 0.3) is 11.4 Å². The van der Waals surface area contributed by atoms with Gasteiger partial charge in [-0.25, -0.2) is 0 Å². The van der Waals surface area contributed by atoms with E-state index in [0.717, 1.165) is 16.9 Å². The standard InChI is InChI=1S/C20H22N4O4S/c1-5-9-23-19(17-8-10-27-14(17)4)21-22-20(23)29-12-15-11-16(24(25)26)6-7-18(15)28-13(2)3/h5-8,10-11,13H,1,9,12H2,2-4H3. The Hall–Kier alpha value is -3.07. The molecule has 0 unspecified atom stereocenters. The van der Waals surface area contributed by atoms with Crippen molar-refractivity contribution in [3.8, 4) is 17.1 Å². The Labute approximate surface area is 172 Å². The lowest BCUT2D eigenvalue weighted by atomic mass is 10.2. The van der Waals surface area contributed by atoms with Gasteiger partial charge in [-0.1, -0.05) is 17.8 Å². The van der Waals surface area contributed by atoms with Crippen LogP contribution in [-0.4, -0.2) is 25.8 Å². The van der Waals surface area contributed by atoms with Crippen LogP contribution in [0.4, 0.5) is 5.69 Å². The van der Waals surface area contributed by atoms with E-state index in [4.69, 9.17) is 9.15 Å². The molecule has 2 aromatic heterocycles. The monoisotopic (exact) mass is 414 g/mol. The lowest BCUT2D eigenvalue weighted by molar-refractivity contribution is -0.384. The van der Waals surface area contributed by atoms with Gasteiger partial charge in [0.05, 0.1) is 22.9 Å². The molecule has 0 N–H and O–H groups in total. The number of aryl methyl sites for hydroxylation is 1. The number of nitro benzene ring substituents is 1. The number of ether oxygens (including phenoxy) is 1. The zero-order valence-corrected chi connectivity index (χ0v) is 17.3. The second kappa shape index (κ2) is 8.95. The molecule has 3 aromatic rings. The van der Waals surface area contributed by atoms with E-state index in [2.05, 4.69) is 16.8 Å². The number of hydrogen-bond donors (Lipinski definition) is 0. The van der Waals surface area contributed by atoms with E-state index in [1.54, 1.807) is 24.5 Å². The van der Waals surface area contributed by atoms with Crippen LogP contribution in [0.3, 0.4) is 0 Å². The van der Waals surface area contributed by atoms with E-state index in [0.29, 0.717) is 29.0 Å². The normalized spacial score (nSPS) is 11.0. The number of nitrogens with zero attached hydrogens (tertiary/aromatic N) is 4. The van der Waals surface area contributed by atoms with Gasteiger partial charge in [-0.15, -0.1) is 16.8 Å². The van der Waals surface area contributed by atoms with Crippen molar-refractivity contribution in [2.24, 2.45) is 0 Å². The number of benzene rings is 1. The third-order valence-corrected chi connectivity index (χ3v) is 5.12. The first-order valence-corrected chi connectivity index (χ1v) is 10.0. The van der Waals surface area contributed by atoms with Crippen molar-refractivity contribution < 1.29 is 14.1 Å². The smallest absolute Gasteiger partial charge is 0.270 e. The van der Waals surface area contributed by atoms with E-state index in [9.17, 15) is 10.1 Å². The second-order valence-electron chi connectivity index (χ2n) is 6.60. The minimum atomic E-state index is -0.409. The topological polar surface area (TPSA) is 96.2 Å². The molecular weight excluding hydrogens is 392 g/mol. The average molecular weight is 414 g/mol. The summed E-state index contributed by atoms with van der Waals surface area (Å²) in [6, 6.07) is 6.48. The maximum Gasteiger partial charge on any atom is 0.270 e. The fourth-order valence-corrected chi connectivity index (χ4v) is 3.73. The number of furan rings is 1. The van der Waals surface area contributed by atoms with Crippen LogP contribution in [-0.2, 0) is 12.3 Å². The molecule has 0 fully saturated rings. The van der Waals surface area contributed by atoms with Gasteiger partial charge >= 0.3 is 0 Å². The molecule has 0 saturated carbocycles. The third kappa shape index (κ3) is 4.68. The Morgan fingerprint density at radius 1 is 1.38 bits per heavy atom. The molecule has 0 aliphatic carbocycles. The highest BCUT2D eigenvalue weighted by Crippen LogP contribution is 2.33. The van der Waals surface area contributed by atoms with Gasteiger partial charge in [0.1, 0.15) is 11.5 Å². The van der Waals surface area contributed by atoms with Gasteiger partial charge in [-0.2, -0.15) is 0 Å². The lowest BCUT2D eigenvalue weighted by Crippen LogP contribution is -2.07. The third-order valence-electron chi connectivity index (χ3n) is 4.10. The number of aromatic nitrogens is 3. The van der Waals surface area contributed by atoms with Crippen molar-refractivity contribution >= 4 is 17.4 Å². The molecule has 0 atom stereocenters.